The summed E-state index contributed by atoms with van der Waals surface area (Å²) in [5.74, 6) is -0.223. The molecule has 0 fully saturated rings. The quantitative estimate of drug-likeness (QED) is 0.440. The number of benzene rings is 2. The van der Waals surface area contributed by atoms with Gasteiger partial charge in [0.05, 0.1) is 20.5 Å². The van der Waals surface area contributed by atoms with Crippen molar-refractivity contribution in [2.24, 2.45) is 5.92 Å². The Hall–Kier alpha value is -4.27. The van der Waals surface area contributed by atoms with E-state index in [0.717, 1.165) is 0 Å². The fraction of sp³-hybridized carbons (Fsp3) is 0.240. The molecule has 178 valence electrons. The summed E-state index contributed by atoms with van der Waals surface area (Å²) >= 11 is 0. The number of methoxy groups -OCH3 is 2. The minimum absolute atomic E-state index is 0.177. The van der Waals surface area contributed by atoms with Gasteiger partial charge >= 0.3 is 0 Å². The van der Waals surface area contributed by atoms with Gasteiger partial charge in [-0.3, -0.25) is 14.4 Å². The monoisotopic (exact) mass is 465 g/mol. The van der Waals surface area contributed by atoms with Gasteiger partial charge in [0.2, 0.25) is 5.91 Å². The van der Waals surface area contributed by atoms with Crippen LogP contribution in [-0.2, 0) is 4.79 Å². The highest BCUT2D eigenvalue weighted by atomic mass is 16.5. The number of anilines is 2. The van der Waals surface area contributed by atoms with Gasteiger partial charge in [-0.1, -0.05) is 13.8 Å². The molecule has 0 saturated heterocycles. The lowest BCUT2D eigenvalue weighted by molar-refractivity contribution is -0.118. The average molecular weight is 466 g/mol. The number of hydrogen-bond donors (Lipinski definition) is 3. The Kier molecular flexibility index (Phi) is 7.92. The van der Waals surface area contributed by atoms with Crippen LogP contribution < -0.4 is 25.4 Å². The Morgan fingerprint density at radius 1 is 0.824 bits per heavy atom. The molecule has 1 atom stereocenters. The molecule has 0 saturated carbocycles. The van der Waals surface area contributed by atoms with Crippen molar-refractivity contribution in [3.8, 4) is 11.5 Å². The lowest BCUT2D eigenvalue weighted by Crippen LogP contribution is -2.47. The summed E-state index contributed by atoms with van der Waals surface area (Å²) in [6.45, 7) is 3.67. The minimum Gasteiger partial charge on any atom is -0.497 e. The maximum Gasteiger partial charge on any atom is 0.291 e. The van der Waals surface area contributed by atoms with E-state index in [1.54, 1.807) is 54.6 Å². The van der Waals surface area contributed by atoms with Crippen LogP contribution in [0.1, 0.15) is 34.8 Å². The van der Waals surface area contributed by atoms with Crippen LogP contribution in [0.2, 0.25) is 0 Å². The highest BCUT2D eigenvalue weighted by molar-refractivity contribution is 6.03. The first-order valence-electron chi connectivity index (χ1n) is 10.6. The van der Waals surface area contributed by atoms with Gasteiger partial charge in [-0.2, -0.15) is 0 Å². The van der Waals surface area contributed by atoms with Crippen molar-refractivity contribution in [1.29, 1.82) is 0 Å². The van der Waals surface area contributed by atoms with Gasteiger partial charge in [0.1, 0.15) is 17.5 Å². The molecule has 0 spiro atoms. The molecule has 2 aromatic carbocycles. The van der Waals surface area contributed by atoms with Gasteiger partial charge in [-0.25, -0.2) is 0 Å². The molecule has 3 aromatic rings. The van der Waals surface area contributed by atoms with Crippen molar-refractivity contribution in [1.82, 2.24) is 5.32 Å². The summed E-state index contributed by atoms with van der Waals surface area (Å²) in [7, 11) is 2.99. The van der Waals surface area contributed by atoms with E-state index < -0.39 is 11.9 Å². The SMILES string of the molecule is COc1cc(OC)cc(C(=O)NC(C(=O)Nc2ccc(NC(=O)c3ccco3)cc2)C(C)C)c1. The Morgan fingerprint density at radius 3 is 1.91 bits per heavy atom. The van der Waals surface area contributed by atoms with Gasteiger partial charge in [-0.15, -0.1) is 0 Å². The number of nitrogens with one attached hydrogen (secondary N) is 3. The van der Waals surface area contributed by atoms with Gasteiger partial charge < -0.3 is 29.8 Å². The van der Waals surface area contributed by atoms with Gasteiger partial charge in [0.25, 0.3) is 11.8 Å². The molecule has 3 amide bonds. The van der Waals surface area contributed by atoms with Crippen LogP contribution in [-0.4, -0.2) is 38.0 Å². The molecule has 0 aliphatic heterocycles. The zero-order valence-corrected chi connectivity index (χ0v) is 19.4. The molecule has 3 N–H and O–H groups in total. The molecule has 34 heavy (non-hydrogen) atoms. The maximum absolute atomic E-state index is 12.9. The van der Waals surface area contributed by atoms with Gasteiger partial charge in [0.15, 0.2) is 5.76 Å². The highest BCUT2D eigenvalue weighted by Gasteiger charge is 2.25. The van der Waals surface area contributed by atoms with E-state index in [0.29, 0.717) is 28.4 Å². The van der Waals surface area contributed by atoms with Crippen LogP contribution in [0.4, 0.5) is 11.4 Å². The molecule has 1 heterocycles. The van der Waals surface area contributed by atoms with E-state index in [1.807, 2.05) is 13.8 Å². The number of amides is 3. The lowest BCUT2D eigenvalue weighted by Gasteiger charge is -2.22. The second kappa shape index (κ2) is 11.0. The van der Waals surface area contributed by atoms with Crippen molar-refractivity contribution >= 4 is 29.1 Å². The van der Waals surface area contributed by atoms with E-state index >= 15 is 0 Å². The second-order valence-corrected chi connectivity index (χ2v) is 7.79. The number of hydrogen-bond acceptors (Lipinski definition) is 6. The summed E-state index contributed by atoms with van der Waals surface area (Å²) in [5.41, 5.74) is 1.37. The lowest BCUT2D eigenvalue weighted by atomic mass is 10.0. The molecular weight excluding hydrogens is 438 g/mol. The second-order valence-electron chi connectivity index (χ2n) is 7.79. The fourth-order valence-corrected chi connectivity index (χ4v) is 3.16. The largest absolute Gasteiger partial charge is 0.497 e. The first-order chi connectivity index (χ1) is 16.3. The Bertz CT molecular complexity index is 1120. The zero-order valence-electron chi connectivity index (χ0n) is 19.4. The fourth-order valence-electron chi connectivity index (χ4n) is 3.16. The van der Waals surface area contributed by atoms with Crippen molar-refractivity contribution in [3.05, 3.63) is 72.2 Å². The van der Waals surface area contributed by atoms with Crippen LogP contribution in [0.15, 0.2) is 65.3 Å². The summed E-state index contributed by atoms with van der Waals surface area (Å²) in [4.78, 5) is 37.8. The molecule has 0 aliphatic rings. The molecule has 1 unspecified atom stereocenters. The van der Waals surface area contributed by atoms with Crippen molar-refractivity contribution in [3.63, 3.8) is 0 Å². The van der Waals surface area contributed by atoms with Gasteiger partial charge in [-0.05, 0) is 54.4 Å². The third-order valence-electron chi connectivity index (χ3n) is 5.00. The maximum atomic E-state index is 12.9. The number of carbonyl (C=O) groups excluding carboxylic acids is 3. The molecule has 0 radical (unpaired) electrons. The molecule has 9 nitrogen and oxygen atoms in total. The Balaban J connectivity index is 1.65. The minimum atomic E-state index is -0.789. The third kappa shape index (κ3) is 6.16. The van der Waals surface area contributed by atoms with E-state index in [9.17, 15) is 14.4 Å². The van der Waals surface area contributed by atoms with Crippen molar-refractivity contribution in [2.75, 3.05) is 24.9 Å². The number of furan rings is 1. The molecule has 9 heteroatoms. The normalized spacial score (nSPS) is 11.4. The number of ether oxygens (including phenoxy) is 2. The number of carbonyl (C=O) groups is 3. The van der Waals surface area contributed by atoms with Crippen LogP contribution in [0.25, 0.3) is 0 Å². The van der Waals surface area contributed by atoms with Crippen molar-refractivity contribution in [2.45, 2.75) is 19.9 Å². The van der Waals surface area contributed by atoms with Crippen LogP contribution >= 0.6 is 0 Å². The van der Waals surface area contributed by atoms with Crippen LogP contribution in [0.3, 0.4) is 0 Å². The van der Waals surface area contributed by atoms with E-state index in [4.69, 9.17) is 13.9 Å². The standard InChI is InChI=1S/C25H27N3O6/c1-15(2)22(28-23(29)16-12-19(32-3)14-20(13-16)33-4)25(31)27-18-9-7-17(8-10-18)26-24(30)21-6-5-11-34-21/h5-15,22H,1-4H3,(H,26,30)(H,27,31)(H,28,29). The third-order valence-corrected chi connectivity index (χ3v) is 5.00. The predicted molar refractivity (Wildman–Crippen MR) is 127 cm³/mol. The predicted octanol–water partition coefficient (Wildman–Crippen LogP) is 3.94. The highest BCUT2D eigenvalue weighted by Crippen LogP contribution is 2.23. The molecule has 1 aromatic heterocycles. The number of rotatable bonds is 9. The van der Waals surface area contributed by atoms with E-state index in [1.165, 1.54) is 20.5 Å². The Labute approximate surface area is 197 Å². The van der Waals surface area contributed by atoms with E-state index in [2.05, 4.69) is 16.0 Å². The average Bonchev–Trinajstić information content (AvgIpc) is 3.38. The molecule has 3 rings (SSSR count). The first kappa shape index (κ1) is 24.4. The smallest absolute Gasteiger partial charge is 0.291 e. The molecular formula is C25H27N3O6. The van der Waals surface area contributed by atoms with Gasteiger partial charge in [0, 0.05) is 23.0 Å². The van der Waals surface area contributed by atoms with Crippen molar-refractivity contribution < 1.29 is 28.3 Å². The molecule has 0 bridgehead atoms. The van der Waals surface area contributed by atoms with Crippen LogP contribution in [0, 0.1) is 5.92 Å². The van der Waals surface area contributed by atoms with Crippen LogP contribution in [0.5, 0.6) is 11.5 Å². The Morgan fingerprint density at radius 2 is 1.41 bits per heavy atom. The summed E-state index contributed by atoms with van der Waals surface area (Å²) in [6, 6.07) is 13.8. The summed E-state index contributed by atoms with van der Waals surface area (Å²) in [6.07, 6.45) is 1.42. The zero-order chi connectivity index (χ0) is 24.7. The first-order valence-corrected chi connectivity index (χ1v) is 10.6. The topological polar surface area (TPSA) is 119 Å². The molecule has 0 aliphatic carbocycles. The summed E-state index contributed by atoms with van der Waals surface area (Å²) < 4.78 is 15.5. The van der Waals surface area contributed by atoms with E-state index in [-0.39, 0.29) is 23.5 Å². The summed E-state index contributed by atoms with van der Waals surface area (Å²) in [5, 5.41) is 8.28.